The number of piperidine rings is 1. The third-order valence-electron chi connectivity index (χ3n) is 7.75. The molecular formula is C29H39ClN7O5P. The number of rotatable bonds is 8. The number of halogens is 1. The Kier molecular flexibility index (Phi) is 9.31. The van der Waals surface area contributed by atoms with E-state index in [-0.39, 0.29) is 21.0 Å². The summed E-state index contributed by atoms with van der Waals surface area (Å²) in [5.41, 5.74) is 2.55. The van der Waals surface area contributed by atoms with Crippen molar-refractivity contribution in [2.24, 2.45) is 0 Å². The molecule has 0 bridgehead atoms. The highest BCUT2D eigenvalue weighted by Crippen LogP contribution is 2.37. The zero-order valence-electron chi connectivity index (χ0n) is 24.7. The Hall–Kier alpha value is -2.80. The van der Waals surface area contributed by atoms with Crippen LogP contribution in [0.3, 0.4) is 0 Å². The van der Waals surface area contributed by atoms with E-state index in [2.05, 4.69) is 44.9 Å². The molecule has 3 aromatic rings. The number of nitrogens with zero attached hydrogens (tertiary/aromatic N) is 5. The van der Waals surface area contributed by atoms with Gasteiger partial charge in [0.25, 0.3) is 0 Å². The lowest BCUT2D eigenvalue weighted by atomic mass is 9.99. The Morgan fingerprint density at radius 2 is 1.65 bits per heavy atom. The molecule has 2 saturated heterocycles. The summed E-state index contributed by atoms with van der Waals surface area (Å²) < 4.78 is 5.69. The second kappa shape index (κ2) is 12.7. The topological polar surface area (TPSA) is 150 Å². The molecule has 0 saturated carbocycles. The summed E-state index contributed by atoms with van der Waals surface area (Å²) in [5.74, 6) is -3.26. The van der Waals surface area contributed by atoms with E-state index in [4.69, 9.17) is 16.3 Å². The maximum atomic E-state index is 10.6. The Bertz CT molecular complexity index is 1420. The summed E-state index contributed by atoms with van der Waals surface area (Å²) in [7, 11) is 2.86. The fourth-order valence-corrected chi connectivity index (χ4v) is 7.03. The molecule has 2 aliphatic rings. The Morgan fingerprint density at radius 3 is 2.30 bits per heavy atom. The molecule has 0 unspecified atom stereocenters. The van der Waals surface area contributed by atoms with Gasteiger partial charge >= 0.3 is 0 Å². The van der Waals surface area contributed by atoms with Crippen LogP contribution in [0.25, 0.3) is 0 Å². The third-order valence-corrected chi connectivity index (χ3v) is 9.38. The van der Waals surface area contributed by atoms with E-state index in [9.17, 15) is 20.4 Å². The molecule has 12 nitrogen and oxygen atoms in total. The number of anilines is 5. The number of β-amino-alcohol motifs (C(OH)–C–C–N with tert-alkyl or cyclic N) is 4. The van der Waals surface area contributed by atoms with Crippen LogP contribution in [0.15, 0.2) is 48.7 Å². The van der Waals surface area contributed by atoms with Gasteiger partial charge in [-0.25, -0.2) is 4.98 Å². The van der Waals surface area contributed by atoms with Crippen LogP contribution >= 0.6 is 19.5 Å². The van der Waals surface area contributed by atoms with Gasteiger partial charge in [-0.1, -0.05) is 37.7 Å². The first-order valence-corrected chi connectivity index (χ1v) is 16.6. The Balaban J connectivity index is 1.28. The number of aliphatic hydroxyl groups is 4. The first-order valence-electron chi connectivity index (χ1n) is 14.0. The highest BCUT2D eigenvalue weighted by atomic mass is 35.5. The van der Waals surface area contributed by atoms with Crippen molar-refractivity contribution in [1.82, 2.24) is 19.8 Å². The van der Waals surface area contributed by atoms with Crippen molar-refractivity contribution in [3.05, 3.63) is 53.7 Å². The number of nitrogens with one attached hydrogen (secondary N) is 2. The maximum absolute atomic E-state index is 10.6. The standard InChI is InChI=1S/C29H39ClN7O5P/c1-35-17-28(38,39)37(29(40,41)18-35)19-11-13-36(14-12-19)20-9-10-22(24(15-20)42-2)33-27-31-16-21(30)26(34-27)32-23-7-5-6-8-25(23)43(3)4/h5-10,15-16,19,38-41H,11-14,17-18H2,1-4H3,(H2,31,32,33,34). The molecule has 14 heteroatoms. The minimum Gasteiger partial charge on any atom is -0.494 e. The van der Waals surface area contributed by atoms with Crippen molar-refractivity contribution in [1.29, 1.82) is 0 Å². The van der Waals surface area contributed by atoms with Gasteiger partial charge in [-0.15, -0.1) is 0 Å². The van der Waals surface area contributed by atoms with Crippen LogP contribution in [0.4, 0.5) is 28.8 Å². The molecule has 0 atom stereocenters. The number of piperazine rings is 1. The number of aromatic nitrogens is 2. The molecule has 0 aliphatic carbocycles. The smallest absolute Gasteiger partial charge is 0.242 e. The van der Waals surface area contributed by atoms with Crippen molar-refractivity contribution in [3.63, 3.8) is 0 Å². The van der Waals surface area contributed by atoms with Crippen molar-refractivity contribution < 1.29 is 25.2 Å². The molecular weight excluding hydrogens is 593 g/mol. The molecule has 2 aromatic carbocycles. The van der Waals surface area contributed by atoms with Gasteiger partial charge in [0.05, 0.1) is 32.1 Å². The van der Waals surface area contributed by atoms with Crippen molar-refractivity contribution in [2.75, 3.05) is 69.2 Å². The lowest BCUT2D eigenvalue weighted by molar-refractivity contribution is -0.422. The number of hydrogen-bond donors (Lipinski definition) is 6. The number of hydrogen-bond acceptors (Lipinski definition) is 12. The van der Waals surface area contributed by atoms with E-state index >= 15 is 0 Å². The molecule has 1 aromatic heterocycles. The van der Waals surface area contributed by atoms with E-state index < -0.39 is 17.9 Å². The van der Waals surface area contributed by atoms with Gasteiger partial charge in [0, 0.05) is 36.6 Å². The monoisotopic (exact) mass is 631 g/mol. The summed E-state index contributed by atoms with van der Waals surface area (Å²) in [4.78, 5) is 13.6. The Labute approximate surface area is 257 Å². The van der Waals surface area contributed by atoms with Crippen LogP contribution in [-0.2, 0) is 0 Å². The van der Waals surface area contributed by atoms with Crippen LogP contribution in [0.2, 0.25) is 5.02 Å². The first-order chi connectivity index (χ1) is 20.4. The second-order valence-electron chi connectivity index (χ2n) is 11.2. The normalized spacial score (nSPS) is 19.4. The zero-order valence-corrected chi connectivity index (χ0v) is 26.3. The molecule has 0 radical (unpaired) electrons. The quantitative estimate of drug-likeness (QED) is 0.160. The molecule has 6 N–H and O–H groups in total. The van der Waals surface area contributed by atoms with Crippen LogP contribution in [-0.4, -0.2) is 112 Å². The van der Waals surface area contributed by atoms with Gasteiger partial charge in [-0.05, 0) is 56.7 Å². The lowest BCUT2D eigenvalue weighted by Crippen LogP contribution is -2.75. The van der Waals surface area contributed by atoms with Crippen molar-refractivity contribution in [2.45, 2.75) is 30.7 Å². The third kappa shape index (κ3) is 6.97. The van der Waals surface area contributed by atoms with Crippen LogP contribution in [0.5, 0.6) is 5.75 Å². The van der Waals surface area contributed by atoms with Gasteiger partial charge in [0.1, 0.15) is 10.8 Å². The van der Waals surface area contributed by atoms with Gasteiger partial charge < -0.3 is 40.7 Å². The predicted molar refractivity (Wildman–Crippen MR) is 170 cm³/mol. The fraction of sp³-hybridized carbons (Fsp3) is 0.448. The van der Waals surface area contributed by atoms with Crippen molar-refractivity contribution in [3.8, 4) is 5.75 Å². The summed E-state index contributed by atoms with van der Waals surface area (Å²) in [6, 6.07) is 13.4. The maximum Gasteiger partial charge on any atom is 0.242 e. The number of para-hydroxylation sites is 1. The molecule has 2 aliphatic heterocycles. The average molecular weight is 632 g/mol. The highest BCUT2D eigenvalue weighted by molar-refractivity contribution is 7.64. The van der Waals surface area contributed by atoms with Crippen LogP contribution in [0.1, 0.15) is 12.8 Å². The average Bonchev–Trinajstić information content (AvgIpc) is 2.94. The summed E-state index contributed by atoms with van der Waals surface area (Å²) in [6.07, 6.45) is 2.56. The molecule has 0 amide bonds. The fourth-order valence-electron chi connectivity index (χ4n) is 5.90. The molecule has 0 spiro atoms. The van der Waals surface area contributed by atoms with E-state index in [1.54, 1.807) is 20.4 Å². The van der Waals surface area contributed by atoms with E-state index in [1.807, 2.05) is 36.4 Å². The summed E-state index contributed by atoms with van der Waals surface area (Å²) in [5, 5.41) is 50.6. The minimum atomic E-state index is -2.35. The SMILES string of the molecule is COc1cc(N2CCC(N3C(O)(O)CN(C)CC3(O)O)CC2)ccc1Nc1ncc(Cl)c(Nc2ccccc2P(C)C)n1. The van der Waals surface area contributed by atoms with Crippen LogP contribution < -0.4 is 25.6 Å². The first kappa shape index (κ1) is 31.6. The number of methoxy groups -OCH3 is 1. The second-order valence-corrected chi connectivity index (χ2v) is 13.9. The van der Waals surface area contributed by atoms with E-state index in [0.29, 0.717) is 54.2 Å². The number of benzene rings is 2. The van der Waals surface area contributed by atoms with Gasteiger partial charge in [-0.3, -0.25) is 4.90 Å². The lowest BCUT2D eigenvalue weighted by Gasteiger charge is -2.54. The molecule has 5 rings (SSSR count). The zero-order chi connectivity index (χ0) is 30.9. The largest absolute Gasteiger partial charge is 0.494 e. The molecule has 3 heterocycles. The molecule has 2 fully saturated rings. The van der Waals surface area contributed by atoms with E-state index in [1.165, 1.54) is 10.2 Å². The molecule has 232 valence electrons. The summed E-state index contributed by atoms with van der Waals surface area (Å²) in [6.45, 7) is 5.32. The van der Waals surface area contributed by atoms with Crippen molar-refractivity contribution >= 4 is 53.7 Å². The predicted octanol–water partition coefficient (Wildman–Crippen LogP) is 2.49. The highest BCUT2D eigenvalue weighted by Gasteiger charge is 2.54. The summed E-state index contributed by atoms with van der Waals surface area (Å²) >= 11 is 6.44. The minimum absolute atomic E-state index is 0.109. The molecule has 43 heavy (non-hydrogen) atoms. The van der Waals surface area contributed by atoms with E-state index in [0.717, 1.165) is 16.3 Å². The Morgan fingerprint density at radius 1 is 0.977 bits per heavy atom. The van der Waals surface area contributed by atoms with Gasteiger partial charge in [-0.2, -0.15) is 9.88 Å². The van der Waals surface area contributed by atoms with Crippen LogP contribution in [0, 0.1) is 0 Å². The number of likely N-dealkylation sites (N-methyl/N-ethyl adjacent to an activating group) is 1. The number of ether oxygens (including phenoxy) is 1. The van der Waals surface area contributed by atoms with Gasteiger partial charge in [0.2, 0.25) is 17.8 Å². The van der Waals surface area contributed by atoms with Gasteiger partial charge in [0.15, 0.2) is 5.82 Å².